The lowest BCUT2D eigenvalue weighted by Gasteiger charge is -2.42. The topological polar surface area (TPSA) is 111 Å². The van der Waals surface area contributed by atoms with Gasteiger partial charge in [0.1, 0.15) is 5.60 Å². The zero-order valence-electron chi connectivity index (χ0n) is 21.4. The van der Waals surface area contributed by atoms with Crippen molar-refractivity contribution in [1.82, 2.24) is 9.97 Å². The van der Waals surface area contributed by atoms with Gasteiger partial charge in [0, 0.05) is 5.56 Å². The molecular weight excluding hydrogens is 485 g/mol. The number of carbonyl (C=O) groups is 1. The molecule has 3 aliphatic rings. The number of fused-ring (bicyclic) bond motifs is 3. The summed E-state index contributed by atoms with van der Waals surface area (Å²) in [4.78, 5) is 23.3. The van der Waals surface area contributed by atoms with Crippen LogP contribution in [0.2, 0.25) is 0 Å². The highest BCUT2D eigenvalue weighted by Crippen LogP contribution is 2.53. The van der Waals surface area contributed by atoms with Crippen molar-refractivity contribution in [2.24, 2.45) is 16.3 Å². The van der Waals surface area contributed by atoms with E-state index in [9.17, 15) is 23.1 Å². The van der Waals surface area contributed by atoms with E-state index in [0.717, 1.165) is 44.1 Å². The van der Waals surface area contributed by atoms with Gasteiger partial charge in [-0.25, -0.2) is 9.98 Å². The molecule has 1 fully saturated rings. The molecule has 1 aromatic heterocycles. The highest BCUT2D eigenvalue weighted by Gasteiger charge is 2.47. The molecule has 0 unspecified atom stereocenters. The van der Waals surface area contributed by atoms with E-state index < -0.39 is 29.0 Å². The molecule has 0 bridgehead atoms. The van der Waals surface area contributed by atoms with Crippen molar-refractivity contribution in [3.63, 3.8) is 0 Å². The third-order valence-corrected chi connectivity index (χ3v) is 8.62. The highest BCUT2D eigenvalue weighted by atomic mass is 19.4. The van der Waals surface area contributed by atoms with E-state index in [0.29, 0.717) is 5.71 Å². The van der Waals surface area contributed by atoms with E-state index in [1.165, 1.54) is 11.1 Å². The van der Waals surface area contributed by atoms with Crippen LogP contribution >= 0.6 is 0 Å². The zero-order valence-corrected chi connectivity index (χ0v) is 21.4. The van der Waals surface area contributed by atoms with Gasteiger partial charge in [-0.2, -0.15) is 18.2 Å². The van der Waals surface area contributed by atoms with Crippen molar-refractivity contribution >= 4 is 23.2 Å². The summed E-state index contributed by atoms with van der Waals surface area (Å²) in [7, 11) is 0. The van der Waals surface area contributed by atoms with Gasteiger partial charge >= 0.3 is 12.1 Å². The number of alkyl halides is 3. The molecular formula is C27H31F3N4O3. The summed E-state index contributed by atoms with van der Waals surface area (Å²) in [6.07, 6.45) is 0.842. The Kier molecular flexibility index (Phi) is 5.62. The molecule has 5 rings (SSSR count). The number of carboxylic acid groups (broad SMARTS) is 1. The number of anilines is 1. The second-order valence-electron chi connectivity index (χ2n) is 11.6. The van der Waals surface area contributed by atoms with Gasteiger partial charge in [0.2, 0.25) is 11.7 Å². The van der Waals surface area contributed by atoms with Crippen molar-refractivity contribution in [3.05, 3.63) is 40.7 Å². The average molecular weight is 517 g/mol. The molecule has 2 heterocycles. The number of rotatable bonds is 3. The monoisotopic (exact) mass is 516 g/mol. The lowest BCUT2D eigenvalue weighted by atomic mass is 9.61. The maximum absolute atomic E-state index is 13.2. The van der Waals surface area contributed by atoms with Gasteiger partial charge in [-0.15, -0.1) is 0 Å². The van der Waals surface area contributed by atoms with E-state index in [1.54, 1.807) is 13.8 Å². The van der Waals surface area contributed by atoms with Crippen LogP contribution in [0, 0.1) is 11.3 Å². The van der Waals surface area contributed by atoms with Gasteiger partial charge in [-0.3, -0.25) is 4.79 Å². The number of aliphatic imine (C=N–C) groups is 1. The summed E-state index contributed by atoms with van der Waals surface area (Å²) >= 11 is 0. The fourth-order valence-corrected chi connectivity index (χ4v) is 6.26. The number of hydrogen-bond donors (Lipinski definition) is 2. The average Bonchev–Trinajstić information content (AvgIpc) is 3.14. The Hall–Kier alpha value is -3.17. The maximum atomic E-state index is 13.2. The van der Waals surface area contributed by atoms with E-state index in [4.69, 9.17) is 10.5 Å². The first-order chi connectivity index (χ1) is 17.1. The largest absolute Gasteiger partial charge is 0.481 e. The molecule has 7 nitrogen and oxygen atoms in total. The number of carboxylic acids is 1. The maximum Gasteiger partial charge on any atom is 0.451 e. The molecule has 10 heteroatoms. The Balaban J connectivity index is 1.46. The van der Waals surface area contributed by atoms with Crippen LogP contribution in [0.25, 0.3) is 0 Å². The third kappa shape index (κ3) is 4.14. The third-order valence-electron chi connectivity index (χ3n) is 8.62. The highest BCUT2D eigenvalue weighted by molar-refractivity contribution is 6.09. The van der Waals surface area contributed by atoms with E-state index in [1.807, 2.05) is 19.9 Å². The molecule has 3 N–H and O–H groups in total. The van der Waals surface area contributed by atoms with E-state index in [-0.39, 0.29) is 28.7 Å². The summed E-state index contributed by atoms with van der Waals surface area (Å²) in [6, 6.07) is 6.20. The number of hydrogen-bond acceptors (Lipinski definition) is 6. The summed E-state index contributed by atoms with van der Waals surface area (Å²) in [5.41, 5.74) is 7.99. The lowest BCUT2D eigenvalue weighted by molar-refractivity contribution is -0.151. The minimum Gasteiger partial charge on any atom is -0.481 e. The molecule has 1 aromatic carbocycles. The summed E-state index contributed by atoms with van der Waals surface area (Å²) in [5, 5.41) is 9.65. The van der Waals surface area contributed by atoms with Crippen molar-refractivity contribution < 1.29 is 27.8 Å². The SMILES string of the molecule is CC1(C)Oc2nc(C(F)(F)F)nc(N)c2N=C1c1ccc2c(c1)CCC21CCC(C(C)(C)C(=O)O)CC1. The molecule has 1 aliphatic heterocycles. The smallest absolute Gasteiger partial charge is 0.451 e. The number of nitrogens with zero attached hydrogens (tertiary/aromatic N) is 3. The first kappa shape index (κ1) is 25.5. The summed E-state index contributed by atoms with van der Waals surface area (Å²) < 4.78 is 45.4. The van der Waals surface area contributed by atoms with E-state index in [2.05, 4.69) is 27.1 Å². The Morgan fingerprint density at radius 1 is 1.14 bits per heavy atom. The number of ether oxygens (including phenoxy) is 1. The first-order valence-corrected chi connectivity index (χ1v) is 12.5. The van der Waals surface area contributed by atoms with E-state index >= 15 is 0 Å². The fourth-order valence-electron chi connectivity index (χ4n) is 6.26. The van der Waals surface area contributed by atoms with Gasteiger partial charge in [0.25, 0.3) is 0 Å². The Bertz CT molecular complexity index is 1310. The van der Waals surface area contributed by atoms with Gasteiger partial charge in [0.15, 0.2) is 11.5 Å². The number of aliphatic carboxylic acids is 1. The Labute approximate surface area is 213 Å². The molecule has 0 amide bonds. The quantitative estimate of drug-likeness (QED) is 0.529. The number of aryl methyl sites for hydroxylation is 1. The standard InChI is InChI=1S/C27H31F3N4O3/c1-24(2,23(35)36)16-8-11-26(12-9-16)10-7-14-13-15(5-6-17(14)26)19-25(3,4)37-21-18(32-19)20(31)33-22(34-21)27(28,29)30/h5-6,13,16H,7-12H2,1-4H3,(H,35,36)(H2,31,33,34). The number of nitrogens with two attached hydrogens (primary N) is 1. The van der Waals surface area contributed by atoms with Crippen LogP contribution in [-0.4, -0.2) is 32.4 Å². The number of halogens is 3. The van der Waals surface area contributed by atoms with Crippen LogP contribution in [0.3, 0.4) is 0 Å². The molecule has 2 aromatic rings. The molecule has 1 spiro atoms. The molecule has 37 heavy (non-hydrogen) atoms. The Morgan fingerprint density at radius 3 is 2.43 bits per heavy atom. The van der Waals surface area contributed by atoms with Crippen molar-refractivity contribution in [2.45, 2.75) is 83.4 Å². The summed E-state index contributed by atoms with van der Waals surface area (Å²) in [5.74, 6) is -2.62. The van der Waals surface area contributed by atoms with Crippen molar-refractivity contribution in [2.75, 3.05) is 5.73 Å². The van der Waals surface area contributed by atoms with Crippen LogP contribution in [0.1, 0.15) is 82.3 Å². The second kappa shape index (κ2) is 8.16. The molecule has 198 valence electrons. The number of aromatic nitrogens is 2. The van der Waals surface area contributed by atoms with Crippen molar-refractivity contribution in [3.8, 4) is 5.88 Å². The van der Waals surface area contributed by atoms with Gasteiger partial charge in [0.05, 0.1) is 11.1 Å². The Morgan fingerprint density at radius 2 is 1.81 bits per heavy atom. The predicted molar refractivity (Wildman–Crippen MR) is 132 cm³/mol. The molecule has 0 radical (unpaired) electrons. The van der Waals surface area contributed by atoms with Gasteiger partial charge in [-0.1, -0.05) is 12.1 Å². The minimum absolute atomic E-state index is 0.00124. The van der Waals surface area contributed by atoms with Crippen LogP contribution in [0.5, 0.6) is 5.88 Å². The predicted octanol–water partition coefficient (Wildman–Crippen LogP) is 5.85. The molecule has 0 saturated heterocycles. The fraction of sp³-hybridized carbons (Fsp3) is 0.556. The number of nitrogen functional groups attached to an aromatic ring is 1. The first-order valence-electron chi connectivity index (χ1n) is 12.5. The summed E-state index contributed by atoms with van der Waals surface area (Å²) in [6.45, 7) is 7.12. The van der Waals surface area contributed by atoms with Crippen molar-refractivity contribution in [1.29, 1.82) is 0 Å². The second-order valence-corrected chi connectivity index (χ2v) is 11.6. The van der Waals surface area contributed by atoms with Crippen LogP contribution < -0.4 is 10.5 Å². The minimum atomic E-state index is -4.75. The van der Waals surface area contributed by atoms with Gasteiger partial charge in [-0.05, 0) is 94.7 Å². The number of benzene rings is 1. The zero-order chi connectivity index (χ0) is 27.0. The lowest BCUT2D eigenvalue weighted by Crippen LogP contribution is -2.41. The molecule has 0 atom stereocenters. The van der Waals surface area contributed by atoms with Crippen LogP contribution in [-0.2, 0) is 22.8 Å². The molecule has 2 aliphatic carbocycles. The molecule has 1 saturated carbocycles. The van der Waals surface area contributed by atoms with Crippen LogP contribution in [0.15, 0.2) is 23.2 Å². The van der Waals surface area contributed by atoms with Crippen LogP contribution in [0.4, 0.5) is 24.7 Å². The van der Waals surface area contributed by atoms with Gasteiger partial charge < -0.3 is 15.6 Å². The normalized spacial score (nSPS) is 24.7.